The Bertz CT molecular complexity index is 499. The maximum absolute atomic E-state index is 5.53. The van der Waals surface area contributed by atoms with E-state index in [0.717, 1.165) is 0 Å². The Hall–Kier alpha value is -1.90. The Morgan fingerprint density at radius 2 is 2.25 bits per heavy atom. The molecule has 0 aliphatic carbocycles. The molecule has 2 aromatic rings. The van der Waals surface area contributed by atoms with Crippen LogP contribution in [0.2, 0.25) is 0 Å². The van der Waals surface area contributed by atoms with Crippen molar-refractivity contribution in [3.63, 3.8) is 0 Å². The van der Waals surface area contributed by atoms with Crippen LogP contribution < -0.4 is 10.5 Å². The lowest BCUT2D eigenvalue weighted by Crippen LogP contribution is -1.99. The molecule has 0 unspecified atom stereocenters. The summed E-state index contributed by atoms with van der Waals surface area (Å²) in [6, 6.07) is 1.66. The van der Waals surface area contributed by atoms with Gasteiger partial charge in [0.15, 0.2) is 0 Å². The lowest BCUT2D eigenvalue weighted by molar-refractivity contribution is 0.396. The number of methoxy groups -OCH3 is 1. The molecular weight excluding hydrogens is 230 g/mol. The second-order valence-electron chi connectivity index (χ2n) is 2.79. The largest absolute Gasteiger partial charge is 0.481 e. The molecule has 0 radical (unpaired) electrons. The number of anilines is 1. The summed E-state index contributed by atoms with van der Waals surface area (Å²) in [5.41, 5.74) is 5.53. The van der Waals surface area contributed by atoms with E-state index in [4.69, 9.17) is 10.5 Å². The second-order valence-corrected chi connectivity index (χ2v) is 3.78. The molecule has 2 aromatic heterocycles. The SMILES string of the molecule is COc1cc(Sc2nnnn2C)nc(N)n1. The van der Waals surface area contributed by atoms with Crippen LogP contribution in [0.15, 0.2) is 16.2 Å². The molecule has 9 heteroatoms. The minimum atomic E-state index is 0.150. The molecule has 84 valence electrons. The van der Waals surface area contributed by atoms with Crippen LogP contribution in [-0.4, -0.2) is 37.3 Å². The van der Waals surface area contributed by atoms with Crippen LogP contribution in [-0.2, 0) is 7.05 Å². The zero-order valence-electron chi connectivity index (χ0n) is 8.65. The normalized spacial score (nSPS) is 10.4. The van der Waals surface area contributed by atoms with Crippen LogP contribution in [0, 0.1) is 0 Å². The van der Waals surface area contributed by atoms with Gasteiger partial charge in [-0.05, 0) is 22.2 Å². The standard InChI is InChI=1S/C7H9N7OS/c1-14-7(11-12-13-14)16-5-3-4(15-2)9-6(8)10-5/h3H,1-2H3,(H2,8,9,10). The molecule has 2 heterocycles. The Morgan fingerprint density at radius 3 is 2.88 bits per heavy atom. The molecule has 0 saturated carbocycles. The third kappa shape index (κ3) is 2.19. The first-order chi connectivity index (χ1) is 7.69. The second kappa shape index (κ2) is 4.31. The molecule has 0 saturated heterocycles. The molecule has 2 rings (SSSR count). The minimum Gasteiger partial charge on any atom is -0.481 e. The number of aromatic nitrogens is 6. The molecule has 0 atom stereocenters. The number of rotatable bonds is 3. The van der Waals surface area contributed by atoms with Crippen LogP contribution in [0.25, 0.3) is 0 Å². The Morgan fingerprint density at radius 1 is 1.44 bits per heavy atom. The van der Waals surface area contributed by atoms with E-state index < -0.39 is 0 Å². The van der Waals surface area contributed by atoms with E-state index in [1.807, 2.05) is 0 Å². The van der Waals surface area contributed by atoms with E-state index in [1.54, 1.807) is 13.1 Å². The lowest BCUT2D eigenvalue weighted by Gasteiger charge is -2.02. The van der Waals surface area contributed by atoms with Crippen molar-refractivity contribution in [2.24, 2.45) is 7.05 Å². The zero-order chi connectivity index (χ0) is 11.5. The zero-order valence-corrected chi connectivity index (χ0v) is 9.47. The number of hydrogen-bond donors (Lipinski definition) is 1. The van der Waals surface area contributed by atoms with Crippen molar-refractivity contribution >= 4 is 17.7 Å². The molecule has 8 nitrogen and oxygen atoms in total. The van der Waals surface area contributed by atoms with Crippen LogP contribution in [0.3, 0.4) is 0 Å². The average Bonchev–Trinajstić information content (AvgIpc) is 2.63. The van der Waals surface area contributed by atoms with Gasteiger partial charge in [-0.2, -0.15) is 4.98 Å². The van der Waals surface area contributed by atoms with E-state index in [0.29, 0.717) is 16.1 Å². The molecule has 0 fully saturated rings. The van der Waals surface area contributed by atoms with Gasteiger partial charge in [-0.15, -0.1) is 5.10 Å². The summed E-state index contributed by atoms with van der Waals surface area (Å²) < 4.78 is 6.52. The van der Waals surface area contributed by atoms with Gasteiger partial charge in [0.05, 0.1) is 7.11 Å². The summed E-state index contributed by atoms with van der Waals surface area (Å²) in [6.45, 7) is 0. The number of nitrogen functional groups attached to an aromatic ring is 1. The third-order valence-corrected chi connectivity index (χ3v) is 2.63. The predicted octanol–water partition coefficient (Wildman–Crippen LogP) is -0.258. The molecular formula is C7H9N7OS. The summed E-state index contributed by atoms with van der Waals surface area (Å²) in [7, 11) is 3.25. The maximum Gasteiger partial charge on any atom is 0.224 e. The van der Waals surface area contributed by atoms with Crippen molar-refractivity contribution < 1.29 is 4.74 Å². The van der Waals surface area contributed by atoms with Crippen molar-refractivity contribution in [2.75, 3.05) is 12.8 Å². The topological polar surface area (TPSA) is 105 Å². The first-order valence-corrected chi connectivity index (χ1v) is 5.09. The van der Waals surface area contributed by atoms with Gasteiger partial charge >= 0.3 is 0 Å². The van der Waals surface area contributed by atoms with Gasteiger partial charge < -0.3 is 10.5 Å². The highest BCUT2D eigenvalue weighted by Crippen LogP contribution is 2.25. The van der Waals surface area contributed by atoms with Crippen LogP contribution in [0.4, 0.5) is 5.95 Å². The molecule has 2 N–H and O–H groups in total. The van der Waals surface area contributed by atoms with Gasteiger partial charge in [-0.1, -0.05) is 0 Å². The number of hydrogen-bond acceptors (Lipinski definition) is 8. The smallest absolute Gasteiger partial charge is 0.224 e. The summed E-state index contributed by atoms with van der Waals surface area (Å²) >= 11 is 1.28. The minimum absolute atomic E-state index is 0.150. The number of nitrogens with two attached hydrogens (primary N) is 1. The summed E-state index contributed by atoms with van der Waals surface area (Å²) in [4.78, 5) is 7.92. The fraction of sp³-hybridized carbons (Fsp3) is 0.286. The van der Waals surface area contributed by atoms with Crippen LogP contribution >= 0.6 is 11.8 Å². The van der Waals surface area contributed by atoms with Gasteiger partial charge in [0.25, 0.3) is 0 Å². The van der Waals surface area contributed by atoms with E-state index in [2.05, 4.69) is 25.5 Å². The van der Waals surface area contributed by atoms with Crippen molar-refractivity contribution in [1.29, 1.82) is 0 Å². The van der Waals surface area contributed by atoms with E-state index in [9.17, 15) is 0 Å². The quantitative estimate of drug-likeness (QED) is 0.730. The fourth-order valence-corrected chi connectivity index (χ4v) is 1.71. The first-order valence-electron chi connectivity index (χ1n) is 4.28. The monoisotopic (exact) mass is 239 g/mol. The highest BCUT2D eigenvalue weighted by atomic mass is 32.2. The van der Waals surface area contributed by atoms with Gasteiger partial charge in [0.1, 0.15) is 5.03 Å². The molecule has 16 heavy (non-hydrogen) atoms. The number of ether oxygens (including phenoxy) is 1. The lowest BCUT2D eigenvalue weighted by atomic mass is 10.6. The summed E-state index contributed by atoms with van der Waals surface area (Å²) in [5, 5.41) is 12.3. The van der Waals surface area contributed by atoms with E-state index >= 15 is 0 Å². The average molecular weight is 239 g/mol. The fourth-order valence-electron chi connectivity index (χ4n) is 0.979. The van der Waals surface area contributed by atoms with Crippen molar-refractivity contribution in [3.8, 4) is 5.88 Å². The van der Waals surface area contributed by atoms with Crippen molar-refractivity contribution in [1.82, 2.24) is 30.2 Å². The van der Waals surface area contributed by atoms with E-state index in [-0.39, 0.29) is 5.95 Å². The van der Waals surface area contributed by atoms with Crippen molar-refractivity contribution in [2.45, 2.75) is 10.2 Å². The van der Waals surface area contributed by atoms with Gasteiger partial charge in [-0.3, -0.25) is 0 Å². The Labute approximate surface area is 95.2 Å². The summed E-state index contributed by atoms with van der Waals surface area (Å²) in [6.07, 6.45) is 0. The van der Waals surface area contributed by atoms with Gasteiger partial charge in [0, 0.05) is 13.1 Å². The van der Waals surface area contributed by atoms with Crippen molar-refractivity contribution in [3.05, 3.63) is 6.07 Å². The molecule has 0 aliphatic rings. The van der Waals surface area contributed by atoms with Gasteiger partial charge in [0.2, 0.25) is 17.0 Å². The van der Waals surface area contributed by atoms with Crippen LogP contribution in [0.5, 0.6) is 5.88 Å². The molecule has 0 amide bonds. The number of tetrazole rings is 1. The molecule has 0 aliphatic heterocycles. The highest BCUT2D eigenvalue weighted by Gasteiger charge is 2.08. The Balaban J connectivity index is 2.28. The molecule has 0 spiro atoms. The maximum atomic E-state index is 5.53. The number of aryl methyl sites for hydroxylation is 1. The number of nitrogens with zero attached hydrogens (tertiary/aromatic N) is 6. The molecule has 0 bridgehead atoms. The Kier molecular flexibility index (Phi) is 2.86. The molecule has 0 aromatic carbocycles. The summed E-state index contributed by atoms with van der Waals surface area (Å²) in [5.74, 6) is 0.558. The van der Waals surface area contributed by atoms with Crippen LogP contribution in [0.1, 0.15) is 0 Å². The predicted molar refractivity (Wildman–Crippen MR) is 55.9 cm³/mol. The first kappa shape index (κ1) is 10.6. The van der Waals surface area contributed by atoms with Gasteiger partial charge in [-0.25, -0.2) is 9.67 Å². The van der Waals surface area contributed by atoms with E-state index in [1.165, 1.54) is 23.6 Å². The highest BCUT2D eigenvalue weighted by molar-refractivity contribution is 7.99. The third-order valence-electron chi connectivity index (χ3n) is 1.68.